The zero-order valence-corrected chi connectivity index (χ0v) is 13.1. The van der Waals surface area contributed by atoms with Crippen LogP contribution in [0.1, 0.15) is 31.2 Å². The standard InChI is InChI=1S/C16H25ClN2O/c1-20-16-8-5-7-15(17)14(16)13-18-9-6-12-19-10-3-2-4-11-19/h5,7-8,18H,2-4,6,9-13H2,1H3. The van der Waals surface area contributed by atoms with Crippen molar-refractivity contribution < 1.29 is 4.74 Å². The molecule has 3 nitrogen and oxygen atoms in total. The van der Waals surface area contributed by atoms with Crippen molar-refractivity contribution in [1.29, 1.82) is 0 Å². The average molecular weight is 297 g/mol. The van der Waals surface area contributed by atoms with Crippen LogP contribution in [0.4, 0.5) is 0 Å². The highest BCUT2D eigenvalue weighted by molar-refractivity contribution is 6.31. The van der Waals surface area contributed by atoms with Gasteiger partial charge in [0.2, 0.25) is 0 Å². The van der Waals surface area contributed by atoms with Crippen LogP contribution in [-0.4, -0.2) is 38.2 Å². The van der Waals surface area contributed by atoms with Crippen LogP contribution in [0.25, 0.3) is 0 Å². The van der Waals surface area contributed by atoms with Crippen LogP contribution in [-0.2, 0) is 6.54 Å². The SMILES string of the molecule is COc1cccc(Cl)c1CNCCCN1CCCCC1. The topological polar surface area (TPSA) is 24.5 Å². The van der Waals surface area contributed by atoms with E-state index in [1.165, 1.54) is 45.3 Å². The number of methoxy groups -OCH3 is 1. The van der Waals surface area contributed by atoms with E-state index in [0.717, 1.165) is 29.4 Å². The van der Waals surface area contributed by atoms with Crippen LogP contribution in [0, 0.1) is 0 Å². The molecule has 0 spiro atoms. The minimum atomic E-state index is 0.767. The van der Waals surface area contributed by atoms with Crippen molar-refractivity contribution >= 4 is 11.6 Å². The van der Waals surface area contributed by atoms with Gasteiger partial charge in [-0.3, -0.25) is 0 Å². The molecule has 0 amide bonds. The summed E-state index contributed by atoms with van der Waals surface area (Å²) in [5, 5.41) is 4.24. The van der Waals surface area contributed by atoms with Gasteiger partial charge in [-0.15, -0.1) is 0 Å². The maximum Gasteiger partial charge on any atom is 0.124 e. The fourth-order valence-corrected chi connectivity index (χ4v) is 2.96. The van der Waals surface area contributed by atoms with Gasteiger partial charge in [-0.25, -0.2) is 0 Å². The Morgan fingerprint density at radius 1 is 1.25 bits per heavy atom. The Hall–Kier alpha value is -0.770. The third kappa shape index (κ3) is 4.65. The van der Waals surface area contributed by atoms with Gasteiger partial charge in [-0.1, -0.05) is 24.1 Å². The molecular weight excluding hydrogens is 272 g/mol. The minimum Gasteiger partial charge on any atom is -0.496 e. The molecule has 0 bridgehead atoms. The van der Waals surface area contributed by atoms with E-state index in [1.807, 2.05) is 18.2 Å². The summed E-state index contributed by atoms with van der Waals surface area (Å²) in [5.74, 6) is 0.862. The second-order valence-corrected chi connectivity index (χ2v) is 5.76. The van der Waals surface area contributed by atoms with Gasteiger partial charge in [0.05, 0.1) is 7.11 Å². The van der Waals surface area contributed by atoms with Crippen molar-refractivity contribution in [2.75, 3.05) is 33.3 Å². The fourth-order valence-electron chi connectivity index (χ4n) is 2.73. The van der Waals surface area contributed by atoms with E-state index in [-0.39, 0.29) is 0 Å². The molecule has 112 valence electrons. The van der Waals surface area contributed by atoms with Crippen molar-refractivity contribution in [3.8, 4) is 5.75 Å². The number of nitrogens with zero attached hydrogens (tertiary/aromatic N) is 1. The minimum absolute atomic E-state index is 0.767. The van der Waals surface area contributed by atoms with Crippen molar-refractivity contribution in [2.24, 2.45) is 0 Å². The lowest BCUT2D eigenvalue weighted by atomic mass is 10.1. The second-order valence-electron chi connectivity index (χ2n) is 5.35. The molecule has 1 aliphatic rings. The molecule has 0 aliphatic carbocycles. The van der Waals surface area contributed by atoms with Crippen molar-refractivity contribution in [3.05, 3.63) is 28.8 Å². The molecule has 1 fully saturated rings. The van der Waals surface area contributed by atoms with Crippen molar-refractivity contribution in [1.82, 2.24) is 10.2 Å². The summed E-state index contributed by atoms with van der Waals surface area (Å²) in [6.45, 7) is 5.54. The molecule has 1 heterocycles. The van der Waals surface area contributed by atoms with Crippen LogP contribution < -0.4 is 10.1 Å². The number of nitrogens with one attached hydrogen (secondary N) is 1. The first-order valence-electron chi connectivity index (χ1n) is 7.55. The van der Waals surface area contributed by atoms with Crippen LogP contribution >= 0.6 is 11.6 Å². The fraction of sp³-hybridized carbons (Fsp3) is 0.625. The third-order valence-corrected chi connectivity index (χ3v) is 4.23. The van der Waals surface area contributed by atoms with Crippen molar-refractivity contribution in [3.63, 3.8) is 0 Å². The van der Waals surface area contributed by atoms with Gasteiger partial charge in [0.1, 0.15) is 5.75 Å². The van der Waals surface area contributed by atoms with Gasteiger partial charge >= 0.3 is 0 Å². The lowest BCUT2D eigenvalue weighted by Gasteiger charge is -2.26. The first kappa shape index (κ1) is 15.6. The molecule has 2 rings (SSSR count). The first-order valence-corrected chi connectivity index (χ1v) is 7.93. The summed E-state index contributed by atoms with van der Waals surface area (Å²) < 4.78 is 5.35. The molecule has 1 aromatic rings. The second kappa shape index (κ2) is 8.50. The maximum absolute atomic E-state index is 6.21. The van der Waals surface area contributed by atoms with Crippen LogP contribution in [0.15, 0.2) is 18.2 Å². The first-order chi connectivity index (χ1) is 9.81. The molecule has 0 unspecified atom stereocenters. The Bertz CT molecular complexity index is 405. The number of likely N-dealkylation sites (tertiary alicyclic amines) is 1. The number of piperidine rings is 1. The lowest BCUT2D eigenvalue weighted by Crippen LogP contribution is -2.32. The molecule has 20 heavy (non-hydrogen) atoms. The summed E-state index contributed by atoms with van der Waals surface area (Å²) >= 11 is 6.21. The molecule has 1 N–H and O–H groups in total. The Morgan fingerprint density at radius 3 is 2.80 bits per heavy atom. The van der Waals surface area contributed by atoms with Crippen LogP contribution in [0.5, 0.6) is 5.75 Å². The number of hydrogen-bond donors (Lipinski definition) is 1. The number of ether oxygens (including phenoxy) is 1. The van der Waals surface area contributed by atoms with E-state index in [0.29, 0.717) is 0 Å². The molecule has 0 saturated carbocycles. The number of hydrogen-bond acceptors (Lipinski definition) is 3. The van der Waals surface area contributed by atoms with Crippen molar-refractivity contribution in [2.45, 2.75) is 32.2 Å². The summed E-state index contributed by atoms with van der Waals surface area (Å²) in [6, 6.07) is 5.78. The van der Waals surface area contributed by atoms with E-state index in [9.17, 15) is 0 Å². The van der Waals surface area contributed by atoms with E-state index >= 15 is 0 Å². The average Bonchev–Trinajstić information content (AvgIpc) is 2.49. The molecule has 1 aliphatic heterocycles. The van der Waals surface area contributed by atoms with E-state index in [1.54, 1.807) is 7.11 Å². The van der Waals surface area contributed by atoms with Gasteiger partial charge in [0.25, 0.3) is 0 Å². The molecule has 0 radical (unpaired) electrons. The molecule has 4 heteroatoms. The predicted molar refractivity (Wildman–Crippen MR) is 84.6 cm³/mol. The Balaban J connectivity index is 1.68. The monoisotopic (exact) mass is 296 g/mol. The highest BCUT2D eigenvalue weighted by Crippen LogP contribution is 2.25. The number of rotatable bonds is 7. The van der Waals surface area contributed by atoms with Crippen LogP contribution in [0.2, 0.25) is 5.02 Å². The van der Waals surface area contributed by atoms with Gasteiger partial charge in [0, 0.05) is 17.1 Å². The summed E-state index contributed by atoms with van der Waals surface area (Å²) in [5.41, 5.74) is 1.05. The summed E-state index contributed by atoms with van der Waals surface area (Å²) in [7, 11) is 1.69. The Morgan fingerprint density at radius 2 is 2.05 bits per heavy atom. The molecule has 1 aromatic carbocycles. The maximum atomic E-state index is 6.21. The van der Waals surface area contributed by atoms with E-state index < -0.39 is 0 Å². The summed E-state index contributed by atoms with van der Waals surface area (Å²) in [6.07, 6.45) is 5.32. The molecule has 0 atom stereocenters. The lowest BCUT2D eigenvalue weighted by molar-refractivity contribution is 0.225. The highest BCUT2D eigenvalue weighted by atomic mass is 35.5. The number of halogens is 1. The molecular formula is C16H25ClN2O. The Kier molecular flexibility index (Phi) is 6.64. The third-order valence-electron chi connectivity index (χ3n) is 3.87. The molecule has 0 aromatic heterocycles. The van der Waals surface area contributed by atoms with E-state index in [2.05, 4.69) is 10.2 Å². The highest BCUT2D eigenvalue weighted by Gasteiger charge is 2.09. The van der Waals surface area contributed by atoms with Gasteiger partial charge in [-0.05, 0) is 57.6 Å². The van der Waals surface area contributed by atoms with Gasteiger partial charge in [-0.2, -0.15) is 0 Å². The van der Waals surface area contributed by atoms with Crippen LogP contribution in [0.3, 0.4) is 0 Å². The molecule has 1 saturated heterocycles. The summed E-state index contributed by atoms with van der Waals surface area (Å²) in [4.78, 5) is 2.57. The zero-order valence-electron chi connectivity index (χ0n) is 12.3. The predicted octanol–water partition coefficient (Wildman–Crippen LogP) is 3.31. The Labute approximate surface area is 127 Å². The quantitative estimate of drug-likeness (QED) is 0.781. The largest absolute Gasteiger partial charge is 0.496 e. The zero-order chi connectivity index (χ0) is 14.2. The van der Waals surface area contributed by atoms with Gasteiger partial charge in [0.15, 0.2) is 0 Å². The number of benzene rings is 1. The normalized spacial score (nSPS) is 16.3. The van der Waals surface area contributed by atoms with E-state index in [4.69, 9.17) is 16.3 Å². The smallest absolute Gasteiger partial charge is 0.124 e. The van der Waals surface area contributed by atoms with Gasteiger partial charge < -0.3 is 15.0 Å².